The van der Waals surface area contributed by atoms with Crippen LogP contribution < -0.4 is 0 Å². The molecule has 1 aliphatic rings. The van der Waals surface area contributed by atoms with Gasteiger partial charge in [-0.3, -0.25) is 4.79 Å². The molecular formula is C11H20O3. The molecule has 0 saturated heterocycles. The average Bonchev–Trinajstić information content (AvgIpc) is 1.99. The third-order valence-corrected chi connectivity index (χ3v) is 3.24. The van der Waals surface area contributed by atoms with E-state index in [0.717, 1.165) is 12.8 Å². The molecule has 0 aliphatic heterocycles. The number of hydrogen-bond donors (Lipinski definition) is 1. The maximum absolute atomic E-state index is 10.3. The van der Waals surface area contributed by atoms with E-state index in [9.17, 15) is 9.90 Å². The Morgan fingerprint density at radius 1 is 1.21 bits per heavy atom. The van der Waals surface area contributed by atoms with Crippen molar-refractivity contribution >= 4 is 6.47 Å². The number of carbonyl (C=O) groups is 1. The van der Waals surface area contributed by atoms with Crippen LogP contribution in [0.25, 0.3) is 0 Å². The monoisotopic (exact) mass is 200 g/mol. The molecule has 0 amide bonds. The van der Waals surface area contributed by atoms with Gasteiger partial charge in [0.25, 0.3) is 6.47 Å². The summed E-state index contributed by atoms with van der Waals surface area (Å²) >= 11 is 0. The summed E-state index contributed by atoms with van der Waals surface area (Å²) in [6.07, 6.45) is 1.06. The minimum Gasteiger partial charge on any atom is -0.465 e. The molecule has 0 aromatic carbocycles. The van der Waals surface area contributed by atoms with Gasteiger partial charge >= 0.3 is 0 Å². The molecule has 0 heterocycles. The van der Waals surface area contributed by atoms with Crippen LogP contribution in [0.15, 0.2) is 0 Å². The van der Waals surface area contributed by atoms with Crippen molar-refractivity contribution in [2.75, 3.05) is 0 Å². The minimum absolute atomic E-state index is 0.0547. The zero-order valence-electron chi connectivity index (χ0n) is 9.41. The molecule has 0 radical (unpaired) electrons. The molecule has 0 aromatic heterocycles. The highest BCUT2D eigenvalue weighted by Gasteiger charge is 2.47. The number of aliphatic hydroxyl groups is 1. The third-order valence-electron chi connectivity index (χ3n) is 3.24. The average molecular weight is 200 g/mol. The largest absolute Gasteiger partial charge is 0.465 e. The first-order valence-electron chi connectivity index (χ1n) is 5.07. The second-order valence-electron chi connectivity index (χ2n) is 5.64. The van der Waals surface area contributed by atoms with Gasteiger partial charge in [0, 0.05) is 0 Å². The fourth-order valence-electron chi connectivity index (χ4n) is 2.70. The first-order valence-corrected chi connectivity index (χ1v) is 5.07. The second kappa shape index (κ2) is 3.54. The van der Waals surface area contributed by atoms with Gasteiger partial charge in [0.15, 0.2) is 0 Å². The summed E-state index contributed by atoms with van der Waals surface area (Å²) in [4.78, 5) is 10.3. The van der Waals surface area contributed by atoms with Gasteiger partial charge in [0.05, 0.1) is 6.10 Å². The van der Waals surface area contributed by atoms with E-state index >= 15 is 0 Å². The van der Waals surface area contributed by atoms with Gasteiger partial charge in [0.1, 0.15) is 6.10 Å². The van der Waals surface area contributed by atoms with Crippen molar-refractivity contribution in [2.45, 2.75) is 52.7 Å². The molecule has 0 unspecified atom stereocenters. The number of carbonyl (C=O) groups excluding carboxylic acids is 1. The predicted octanol–water partition coefficient (Wildman–Crippen LogP) is 1.74. The summed E-state index contributed by atoms with van der Waals surface area (Å²) in [6.45, 7) is 8.56. The van der Waals surface area contributed by atoms with E-state index in [4.69, 9.17) is 4.74 Å². The Kier molecular flexibility index (Phi) is 2.91. The van der Waals surface area contributed by atoms with Gasteiger partial charge in [-0.1, -0.05) is 27.7 Å². The Bertz CT molecular complexity index is 203. The van der Waals surface area contributed by atoms with Crippen LogP contribution in [0.2, 0.25) is 0 Å². The van der Waals surface area contributed by atoms with E-state index in [1.807, 2.05) is 27.7 Å². The Balaban J connectivity index is 2.80. The topological polar surface area (TPSA) is 46.5 Å². The molecule has 1 aliphatic carbocycles. The minimum atomic E-state index is -0.346. The van der Waals surface area contributed by atoms with Crippen LogP contribution in [-0.2, 0) is 9.53 Å². The predicted molar refractivity (Wildman–Crippen MR) is 53.7 cm³/mol. The zero-order chi connectivity index (χ0) is 11.0. The molecule has 14 heavy (non-hydrogen) atoms. The maximum atomic E-state index is 10.3. The molecule has 82 valence electrons. The Hall–Kier alpha value is -0.570. The summed E-state index contributed by atoms with van der Waals surface area (Å²) in [6, 6.07) is 0. The van der Waals surface area contributed by atoms with Crippen LogP contribution in [0.5, 0.6) is 0 Å². The van der Waals surface area contributed by atoms with Crippen molar-refractivity contribution in [3.63, 3.8) is 0 Å². The van der Waals surface area contributed by atoms with E-state index in [1.165, 1.54) is 0 Å². The second-order valence-corrected chi connectivity index (χ2v) is 5.64. The smallest absolute Gasteiger partial charge is 0.293 e. The maximum Gasteiger partial charge on any atom is 0.293 e. The molecule has 1 rings (SSSR count). The van der Waals surface area contributed by atoms with Gasteiger partial charge in [-0.2, -0.15) is 0 Å². The molecule has 1 N–H and O–H groups in total. The first-order chi connectivity index (χ1) is 6.29. The van der Waals surface area contributed by atoms with E-state index < -0.39 is 0 Å². The number of rotatable bonds is 2. The lowest BCUT2D eigenvalue weighted by Crippen LogP contribution is -2.50. The van der Waals surface area contributed by atoms with Crippen molar-refractivity contribution in [1.82, 2.24) is 0 Å². The van der Waals surface area contributed by atoms with Gasteiger partial charge < -0.3 is 9.84 Å². The van der Waals surface area contributed by atoms with Crippen LogP contribution in [-0.4, -0.2) is 23.8 Å². The van der Waals surface area contributed by atoms with Crippen molar-refractivity contribution in [1.29, 1.82) is 0 Å². The fourth-order valence-corrected chi connectivity index (χ4v) is 2.70. The molecule has 0 atom stereocenters. The molecule has 0 aromatic rings. The zero-order valence-corrected chi connectivity index (χ0v) is 9.41. The van der Waals surface area contributed by atoms with Gasteiger partial charge in [-0.05, 0) is 23.7 Å². The molecule has 1 saturated carbocycles. The SMILES string of the molecule is CC1(C)CC(OC=O)CC(C)(C)C1O. The summed E-state index contributed by atoms with van der Waals surface area (Å²) in [5, 5.41) is 10.1. The van der Waals surface area contributed by atoms with Crippen molar-refractivity contribution < 1.29 is 14.6 Å². The summed E-state index contributed by atoms with van der Waals surface area (Å²) in [5.41, 5.74) is -0.370. The van der Waals surface area contributed by atoms with Crippen LogP contribution in [0.4, 0.5) is 0 Å². The highest BCUT2D eigenvalue weighted by Crippen LogP contribution is 2.46. The fraction of sp³-hybridized carbons (Fsp3) is 0.909. The number of aliphatic hydroxyl groups excluding tert-OH is 1. The van der Waals surface area contributed by atoms with Crippen molar-refractivity contribution in [2.24, 2.45) is 10.8 Å². The van der Waals surface area contributed by atoms with Crippen molar-refractivity contribution in [3.05, 3.63) is 0 Å². The third kappa shape index (κ3) is 2.08. The van der Waals surface area contributed by atoms with E-state index in [1.54, 1.807) is 0 Å². The normalized spacial score (nSPS) is 34.9. The van der Waals surface area contributed by atoms with Crippen LogP contribution in [0.1, 0.15) is 40.5 Å². The van der Waals surface area contributed by atoms with Crippen LogP contribution in [0, 0.1) is 10.8 Å². The van der Waals surface area contributed by atoms with E-state index in [2.05, 4.69) is 0 Å². The van der Waals surface area contributed by atoms with Crippen molar-refractivity contribution in [3.8, 4) is 0 Å². The lowest BCUT2D eigenvalue weighted by Gasteiger charge is -2.48. The first kappa shape index (κ1) is 11.5. The summed E-state index contributed by atoms with van der Waals surface area (Å²) in [5.74, 6) is 0. The summed E-state index contributed by atoms with van der Waals surface area (Å²) in [7, 11) is 0. The standard InChI is InChI=1S/C11H20O3/c1-10(2)5-8(14-7-12)6-11(3,4)9(10)13/h7-9,13H,5-6H2,1-4H3. The Morgan fingerprint density at radius 2 is 1.64 bits per heavy atom. The highest BCUT2D eigenvalue weighted by atomic mass is 16.5. The molecule has 1 fully saturated rings. The number of hydrogen-bond acceptors (Lipinski definition) is 3. The molecular weight excluding hydrogens is 180 g/mol. The lowest BCUT2D eigenvalue weighted by molar-refractivity contribution is -0.153. The lowest BCUT2D eigenvalue weighted by atomic mass is 9.62. The Labute approximate surface area is 85.5 Å². The van der Waals surface area contributed by atoms with E-state index in [-0.39, 0.29) is 23.0 Å². The quantitative estimate of drug-likeness (QED) is 0.690. The van der Waals surface area contributed by atoms with E-state index in [0.29, 0.717) is 6.47 Å². The highest BCUT2D eigenvalue weighted by molar-refractivity contribution is 5.37. The molecule has 0 bridgehead atoms. The summed E-state index contributed by atoms with van der Waals surface area (Å²) < 4.78 is 5.01. The van der Waals surface area contributed by atoms with Crippen LogP contribution in [0.3, 0.4) is 0 Å². The van der Waals surface area contributed by atoms with Gasteiger partial charge in [-0.25, -0.2) is 0 Å². The molecule has 3 nitrogen and oxygen atoms in total. The number of ether oxygens (including phenoxy) is 1. The Morgan fingerprint density at radius 3 is 2.00 bits per heavy atom. The van der Waals surface area contributed by atoms with Gasteiger partial charge in [0.2, 0.25) is 0 Å². The molecule has 0 spiro atoms. The van der Waals surface area contributed by atoms with Gasteiger partial charge in [-0.15, -0.1) is 0 Å². The van der Waals surface area contributed by atoms with Crippen LogP contribution >= 0.6 is 0 Å². The molecule has 3 heteroatoms.